The van der Waals surface area contributed by atoms with Crippen molar-refractivity contribution in [3.05, 3.63) is 71.8 Å². The van der Waals surface area contributed by atoms with E-state index >= 15 is 0 Å². The first-order chi connectivity index (χ1) is 7.90. The summed E-state index contributed by atoms with van der Waals surface area (Å²) in [6.07, 6.45) is 7.56. The molecule has 0 aromatic heterocycles. The average molecular weight is 204 g/mol. The van der Waals surface area contributed by atoms with Crippen LogP contribution in [-0.4, -0.2) is 0 Å². The van der Waals surface area contributed by atoms with Crippen molar-refractivity contribution in [2.24, 2.45) is 0 Å². The maximum atomic E-state index is 5.53. The Hall–Kier alpha value is -2.26. The van der Waals surface area contributed by atoms with E-state index in [4.69, 9.17) is 6.42 Å². The van der Waals surface area contributed by atoms with Gasteiger partial charge in [-0.15, -0.1) is 6.42 Å². The Morgan fingerprint density at radius 1 is 0.875 bits per heavy atom. The molecule has 2 aromatic rings. The van der Waals surface area contributed by atoms with E-state index in [2.05, 4.69) is 5.92 Å². The Bertz CT molecular complexity index is 513. The second-order valence-electron chi connectivity index (χ2n) is 3.48. The van der Waals surface area contributed by atoms with Gasteiger partial charge in [-0.25, -0.2) is 0 Å². The molecule has 0 unspecified atom stereocenters. The molecular formula is C16H12. The first kappa shape index (κ1) is 10.3. The average Bonchev–Trinajstić information content (AvgIpc) is 2.38. The topological polar surface area (TPSA) is 0 Å². The summed E-state index contributed by atoms with van der Waals surface area (Å²) in [6.45, 7) is 0. The highest BCUT2D eigenvalue weighted by Crippen LogP contribution is 2.16. The zero-order chi connectivity index (χ0) is 11.2. The molecule has 16 heavy (non-hydrogen) atoms. The van der Waals surface area contributed by atoms with Crippen LogP contribution in [0.15, 0.2) is 60.7 Å². The largest absolute Gasteiger partial charge is 0.115 e. The number of hydrogen-bond acceptors (Lipinski definition) is 0. The summed E-state index contributed by atoms with van der Waals surface area (Å²) in [5, 5.41) is 0. The van der Waals surface area contributed by atoms with Crippen molar-refractivity contribution in [2.45, 2.75) is 0 Å². The van der Waals surface area contributed by atoms with Gasteiger partial charge in [0.05, 0.1) is 0 Å². The molecule has 0 amide bonds. The number of hydrogen-bond donors (Lipinski definition) is 0. The summed E-state index contributed by atoms with van der Waals surface area (Å²) in [5.41, 5.74) is 3.11. The molecule has 0 heterocycles. The lowest BCUT2D eigenvalue weighted by atomic mass is 10.0. The monoisotopic (exact) mass is 204 g/mol. The zero-order valence-corrected chi connectivity index (χ0v) is 8.93. The zero-order valence-electron chi connectivity index (χ0n) is 8.93. The van der Waals surface area contributed by atoms with Crippen LogP contribution in [0, 0.1) is 12.3 Å². The van der Waals surface area contributed by atoms with Gasteiger partial charge < -0.3 is 0 Å². The highest BCUT2D eigenvalue weighted by atomic mass is 14.0. The minimum Gasteiger partial charge on any atom is -0.115 e. The van der Waals surface area contributed by atoms with Crippen LogP contribution >= 0.6 is 0 Å². The van der Waals surface area contributed by atoms with Gasteiger partial charge in [0.2, 0.25) is 0 Å². The van der Waals surface area contributed by atoms with Crippen LogP contribution in [0.3, 0.4) is 0 Å². The SMILES string of the molecule is C#C/C(=C\c1ccccc1)c1ccccc1. The van der Waals surface area contributed by atoms with Crippen LogP contribution in [0.1, 0.15) is 11.1 Å². The van der Waals surface area contributed by atoms with Crippen molar-refractivity contribution in [1.29, 1.82) is 0 Å². The van der Waals surface area contributed by atoms with Crippen molar-refractivity contribution in [3.8, 4) is 12.3 Å². The number of rotatable bonds is 2. The Kier molecular flexibility index (Phi) is 3.21. The number of benzene rings is 2. The Labute approximate surface area is 96.3 Å². The van der Waals surface area contributed by atoms with Crippen LogP contribution in [0.2, 0.25) is 0 Å². The summed E-state index contributed by atoms with van der Waals surface area (Å²) >= 11 is 0. The van der Waals surface area contributed by atoms with Crippen molar-refractivity contribution in [3.63, 3.8) is 0 Å². The molecule has 0 bridgehead atoms. The minimum absolute atomic E-state index is 0.909. The van der Waals surface area contributed by atoms with E-state index in [9.17, 15) is 0 Å². The summed E-state index contributed by atoms with van der Waals surface area (Å²) in [6, 6.07) is 20.1. The molecule has 0 aliphatic heterocycles. The van der Waals surface area contributed by atoms with Gasteiger partial charge in [0.1, 0.15) is 0 Å². The first-order valence-corrected chi connectivity index (χ1v) is 5.19. The third-order valence-corrected chi connectivity index (χ3v) is 2.35. The Balaban J connectivity index is 2.39. The second kappa shape index (κ2) is 5.00. The minimum atomic E-state index is 0.909. The van der Waals surface area contributed by atoms with E-state index in [0.29, 0.717) is 0 Å². The normalized spacial score (nSPS) is 10.8. The van der Waals surface area contributed by atoms with Crippen LogP contribution < -0.4 is 0 Å². The van der Waals surface area contributed by atoms with Gasteiger partial charge in [-0.05, 0) is 17.2 Å². The molecule has 2 rings (SSSR count). The van der Waals surface area contributed by atoms with Gasteiger partial charge in [0.25, 0.3) is 0 Å². The van der Waals surface area contributed by atoms with Gasteiger partial charge >= 0.3 is 0 Å². The van der Waals surface area contributed by atoms with E-state index in [1.807, 2.05) is 66.7 Å². The molecule has 0 atom stereocenters. The molecule has 0 N–H and O–H groups in total. The van der Waals surface area contributed by atoms with Gasteiger partial charge in [-0.2, -0.15) is 0 Å². The van der Waals surface area contributed by atoms with E-state index in [1.165, 1.54) is 0 Å². The van der Waals surface area contributed by atoms with E-state index < -0.39 is 0 Å². The standard InChI is InChI=1S/C16H12/c1-2-15(16-11-7-4-8-12-16)13-14-9-5-3-6-10-14/h1,3-13H/b15-13+. The molecule has 0 saturated heterocycles. The first-order valence-electron chi connectivity index (χ1n) is 5.19. The molecule has 0 aliphatic rings. The third-order valence-electron chi connectivity index (χ3n) is 2.35. The molecule has 0 nitrogen and oxygen atoms in total. The van der Waals surface area contributed by atoms with Crippen LogP contribution in [-0.2, 0) is 0 Å². The van der Waals surface area contributed by atoms with Gasteiger partial charge in [0.15, 0.2) is 0 Å². The Morgan fingerprint density at radius 2 is 1.44 bits per heavy atom. The van der Waals surface area contributed by atoms with Crippen molar-refractivity contribution >= 4 is 11.6 Å². The molecule has 0 fully saturated rings. The summed E-state index contributed by atoms with van der Waals surface area (Å²) in [4.78, 5) is 0. The second-order valence-corrected chi connectivity index (χ2v) is 3.48. The number of allylic oxidation sites excluding steroid dienone is 1. The maximum absolute atomic E-state index is 5.53. The molecule has 2 aromatic carbocycles. The van der Waals surface area contributed by atoms with Gasteiger partial charge in [-0.1, -0.05) is 66.6 Å². The molecule has 0 saturated carbocycles. The summed E-state index contributed by atoms with van der Waals surface area (Å²) < 4.78 is 0. The smallest absolute Gasteiger partial charge is 0.0320 e. The van der Waals surface area contributed by atoms with Gasteiger partial charge in [0, 0.05) is 5.57 Å². The summed E-state index contributed by atoms with van der Waals surface area (Å²) in [7, 11) is 0. The third kappa shape index (κ3) is 2.40. The fraction of sp³-hybridized carbons (Fsp3) is 0. The lowest BCUT2D eigenvalue weighted by molar-refractivity contribution is 1.62. The Morgan fingerprint density at radius 3 is 2.00 bits per heavy atom. The predicted octanol–water partition coefficient (Wildman–Crippen LogP) is 3.86. The van der Waals surface area contributed by atoms with Gasteiger partial charge in [-0.3, -0.25) is 0 Å². The quantitative estimate of drug-likeness (QED) is 0.514. The van der Waals surface area contributed by atoms with E-state index in [-0.39, 0.29) is 0 Å². The van der Waals surface area contributed by atoms with Crippen molar-refractivity contribution in [2.75, 3.05) is 0 Å². The fourth-order valence-corrected chi connectivity index (χ4v) is 1.54. The fourth-order valence-electron chi connectivity index (χ4n) is 1.54. The molecule has 0 aliphatic carbocycles. The molecule has 0 radical (unpaired) electrons. The van der Waals surface area contributed by atoms with E-state index in [0.717, 1.165) is 16.7 Å². The number of terminal acetylenes is 1. The van der Waals surface area contributed by atoms with Crippen LogP contribution in [0.25, 0.3) is 11.6 Å². The molecule has 76 valence electrons. The lowest BCUT2D eigenvalue weighted by Gasteiger charge is -2.00. The van der Waals surface area contributed by atoms with Crippen LogP contribution in [0.4, 0.5) is 0 Å². The van der Waals surface area contributed by atoms with Crippen molar-refractivity contribution < 1.29 is 0 Å². The maximum Gasteiger partial charge on any atom is 0.0320 e. The highest BCUT2D eigenvalue weighted by Gasteiger charge is 1.96. The highest BCUT2D eigenvalue weighted by molar-refractivity contribution is 5.90. The predicted molar refractivity (Wildman–Crippen MR) is 69.6 cm³/mol. The molecule has 0 heteroatoms. The summed E-state index contributed by atoms with van der Waals surface area (Å²) in [5.74, 6) is 2.73. The van der Waals surface area contributed by atoms with Crippen LogP contribution in [0.5, 0.6) is 0 Å². The van der Waals surface area contributed by atoms with Crippen molar-refractivity contribution in [1.82, 2.24) is 0 Å². The van der Waals surface area contributed by atoms with E-state index in [1.54, 1.807) is 0 Å². The lowest BCUT2D eigenvalue weighted by Crippen LogP contribution is -1.80. The molecule has 0 spiro atoms. The molecular weight excluding hydrogens is 192 g/mol.